The highest BCUT2D eigenvalue weighted by Crippen LogP contribution is 2.22. The summed E-state index contributed by atoms with van der Waals surface area (Å²) in [4.78, 5) is 4.69. The normalized spacial score (nSPS) is 12.4. The van der Waals surface area contributed by atoms with E-state index in [4.69, 9.17) is 4.98 Å². The maximum absolute atomic E-state index is 4.69. The van der Waals surface area contributed by atoms with Gasteiger partial charge in [-0.1, -0.05) is 30.3 Å². The van der Waals surface area contributed by atoms with Crippen LogP contribution in [0, 0.1) is 0 Å². The molecule has 120 valence electrons. The minimum atomic E-state index is 0.198. The molecule has 0 aliphatic heterocycles. The van der Waals surface area contributed by atoms with Crippen molar-refractivity contribution in [3.63, 3.8) is 0 Å². The molecule has 0 fully saturated rings. The van der Waals surface area contributed by atoms with Gasteiger partial charge in [-0.25, -0.2) is 4.98 Å². The van der Waals surface area contributed by atoms with Gasteiger partial charge in [0.2, 0.25) is 0 Å². The zero-order valence-electron chi connectivity index (χ0n) is 13.4. The van der Waals surface area contributed by atoms with E-state index >= 15 is 0 Å². The minimum Gasteiger partial charge on any atom is -0.366 e. The quantitative estimate of drug-likeness (QED) is 0.614. The molecule has 6 nitrogen and oxygen atoms in total. The van der Waals surface area contributed by atoms with E-state index in [9.17, 15) is 0 Å². The molecular weight excluding hydrogens is 300 g/mol. The van der Waals surface area contributed by atoms with E-state index in [1.165, 1.54) is 0 Å². The zero-order chi connectivity index (χ0) is 16.4. The van der Waals surface area contributed by atoms with Crippen molar-refractivity contribution in [3.05, 3.63) is 67.1 Å². The molecule has 4 aromatic rings. The topological polar surface area (TPSA) is 60.0 Å². The lowest BCUT2D eigenvalue weighted by Crippen LogP contribution is -2.23. The van der Waals surface area contributed by atoms with Gasteiger partial charge < -0.3 is 5.32 Å². The lowest BCUT2D eigenvalue weighted by Gasteiger charge is -2.17. The van der Waals surface area contributed by atoms with Crippen LogP contribution in [0.2, 0.25) is 0 Å². The monoisotopic (exact) mass is 318 g/mol. The Morgan fingerprint density at radius 3 is 2.71 bits per heavy atom. The third-order valence-electron chi connectivity index (χ3n) is 3.84. The van der Waals surface area contributed by atoms with Crippen molar-refractivity contribution in [1.82, 2.24) is 24.4 Å². The number of rotatable bonds is 5. The van der Waals surface area contributed by atoms with Gasteiger partial charge in [0.1, 0.15) is 5.82 Å². The molecule has 6 heteroatoms. The number of nitrogens with one attached hydrogen (secondary N) is 1. The predicted molar refractivity (Wildman–Crippen MR) is 93.7 cm³/mol. The van der Waals surface area contributed by atoms with Crippen molar-refractivity contribution < 1.29 is 0 Å². The lowest BCUT2D eigenvalue weighted by molar-refractivity contribution is 0.558. The first kappa shape index (κ1) is 14.4. The Morgan fingerprint density at radius 1 is 1.04 bits per heavy atom. The van der Waals surface area contributed by atoms with Crippen molar-refractivity contribution in [3.8, 4) is 11.3 Å². The van der Waals surface area contributed by atoms with E-state index in [-0.39, 0.29) is 6.04 Å². The van der Waals surface area contributed by atoms with Crippen LogP contribution in [0.4, 0.5) is 5.82 Å². The van der Waals surface area contributed by atoms with Crippen molar-refractivity contribution in [2.24, 2.45) is 0 Å². The molecule has 0 saturated heterocycles. The van der Waals surface area contributed by atoms with Gasteiger partial charge in [0.15, 0.2) is 5.65 Å². The van der Waals surface area contributed by atoms with E-state index < -0.39 is 0 Å². The van der Waals surface area contributed by atoms with E-state index in [2.05, 4.69) is 34.6 Å². The Morgan fingerprint density at radius 2 is 1.92 bits per heavy atom. The first-order valence-corrected chi connectivity index (χ1v) is 7.94. The fourth-order valence-electron chi connectivity index (χ4n) is 2.76. The summed E-state index contributed by atoms with van der Waals surface area (Å²) in [6, 6.07) is 16.2. The molecule has 24 heavy (non-hydrogen) atoms. The molecule has 1 N–H and O–H groups in total. The van der Waals surface area contributed by atoms with Crippen LogP contribution in [0.5, 0.6) is 0 Å². The molecule has 0 amide bonds. The van der Waals surface area contributed by atoms with Crippen molar-refractivity contribution in [2.45, 2.75) is 19.5 Å². The maximum atomic E-state index is 4.69. The summed E-state index contributed by atoms with van der Waals surface area (Å²) in [5.41, 5.74) is 2.84. The van der Waals surface area contributed by atoms with Gasteiger partial charge >= 0.3 is 0 Å². The van der Waals surface area contributed by atoms with Crippen molar-refractivity contribution >= 4 is 11.5 Å². The van der Waals surface area contributed by atoms with Crippen LogP contribution in [0.1, 0.15) is 6.92 Å². The number of anilines is 1. The van der Waals surface area contributed by atoms with E-state index in [0.717, 1.165) is 29.3 Å². The SMILES string of the molecule is C[C@@H](Cn1cccn1)Nc1cc(-c2ccccc2)nc2ccnn12. The summed E-state index contributed by atoms with van der Waals surface area (Å²) in [5, 5.41) is 12.1. The Kier molecular flexibility index (Phi) is 3.70. The highest BCUT2D eigenvalue weighted by Gasteiger charge is 2.11. The lowest BCUT2D eigenvalue weighted by atomic mass is 10.1. The van der Waals surface area contributed by atoms with Gasteiger partial charge in [-0.05, 0) is 13.0 Å². The van der Waals surface area contributed by atoms with Crippen LogP contribution in [0.25, 0.3) is 16.9 Å². The van der Waals surface area contributed by atoms with Crippen LogP contribution in [-0.4, -0.2) is 30.4 Å². The molecule has 0 bridgehead atoms. The molecule has 3 heterocycles. The average molecular weight is 318 g/mol. The largest absolute Gasteiger partial charge is 0.366 e. The highest BCUT2D eigenvalue weighted by molar-refractivity contribution is 5.66. The second-order valence-corrected chi connectivity index (χ2v) is 5.77. The Bertz CT molecular complexity index is 927. The maximum Gasteiger partial charge on any atom is 0.157 e. The van der Waals surface area contributed by atoms with E-state index in [1.54, 1.807) is 12.4 Å². The van der Waals surface area contributed by atoms with Crippen LogP contribution in [0.15, 0.2) is 67.1 Å². The van der Waals surface area contributed by atoms with Gasteiger partial charge in [0.25, 0.3) is 0 Å². The molecule has 4 rings (SSSR count). The standard InChI is InChI=1S/C18H18N6/c1-14(13-23-11-5-9-19-23)21-18-12-16(15-6-3-2-4-7-15)22-17-8-10-20-24(17)18/h2-12,14,21H,13H2,1H3/t14-/m0/s1. The number of hydrogen-bond acceptors (Lipinski definition) is 4. The van der Waals surface area contributed by atoms with Gasteiger partial charge in [-0.15, -0.1) is 0 Å². The molecule has 3 aromatic heterocycles. The molecule has 0 aliphatic carbocycles. The smallest absolute Gasteiger partial charge is 0.157 e. The average Bonchev–Trinajstić information content (AvgIpc) is 3.27. The molecule has 0 saturated carbocycles. The van der Waals surface area contributed by atoms with Crippen molar-refractivity contribution in [2.75, 3.05) is 5.32 Å². The molecule has 0 aliphatic rings. The molecule has 0 unspecified atom stereocenters. The second kappa shape index (κ2) is 6.16. The molecule has 1 atom stereocenters. The fourth-order valence-corrected chi connectivity index (χ4v) is 2.76. The summed E-state index contributed by atoms with van der Waals surface area (Å²) >= 11 is 0. The minimum absolute atomic E-state index is 0.198. The Balaban J connectivity index is 1.67. The van der Waals surface area contributed by atoms with Gasteiger partial charge in [-0.2, -0.15) is 14.7 Å². The highest BCUT2D eigenvalue weighted by atomic mass is 15.3. The number of aromatic nitrogens is 5. The molecule has 0 radical (unpaired) electrons. The predicted octanol–water partition coefficient (Wildman–Crippen LogP) is 3.09. The third kappa shape index (κ3) is 2.86. The first-order chi connectivity index (χ1) is 11.8. The molecular formula is C18H18N6. The fraction of sp³-hybridized carbons (Fsp3) is 0.167. The third-order valence-corrected chi connectivity index (χ3v) is 3.84. The number of nitrogens with zero attached hydrogens (tertiary/aromatic N) is 5. The molecule has 0 spiro atoms. The van der Waals surface area contributed by atoms with E-state index in [0.29, 0.717) is 0 Å². The Labute approximate surface area is 139 Å². The van der Waals surface area contributed by atoms with Gasteiger partial charge in [0, 0.05) is 36.1 Å². The number of hydrogen-bond donors (Lipinski definition) is 1. The van der Waals surface area contributed by atoms with Crippen LogP contribution in [0.3, 0.4) is 0 Å². The van der Waals surface area contributed by atoms with Gasteiger partial charge in [0.05, 0.1) is 18.4 Å². The zero-order valence-corrected chi connectivity index (χ0v) is 13.4. The van der Waals surface area contributed by atoms with Crippen LogP contribution in [-0.2, 0) is 6.54 Å². The summed E-state index contributed by atoms with van der Waals surface area (Å²) in [6.45, 7) is 2.90. The van der Waals surface area contributed by atoms with Crippen LogP contribution < -0.4 is 5.32 Å². The van der Waals surface area contributed by atoms with Gasteiger partial charge in [-0.3, -0.25) is 4.68 Å². The van der Waals surface area contributed by atoms with Crippen LogP contribution >= 0.6 is 0 Å². The first-order valence-electron chi connectivity index (χ1n) is 7.94. The molecule has 1 aromatic carbocycles. The summed E-state index contributed by atoms with van der Waals surface area (Å²) < 4.78 is 3.74. The van der Waals surface area contributed by atoms with Crippen molar-refractivity contribution in [1.29, 1.82) is 0 Å². The summed E-state index contributed by atoms with van der Waals surface area (Å²) in [7, 11) is 0. The number of fused-ring (bicyclic) bond motifs is 1. The summed E-state index contributed by atoms with van der Waals surface area (Å²) in [5.74, 6) is 0.920. The second-order valence-electron chi connectivity index (χ2n) is 5.77. The van der Waals surface area contributed by atoms with E-state index in [1.807, 2.05) is 51.8 Å². The Hall–Kier alpha value is -3.15. The summed E-state index contributed by atoms with van der Waals surface area (Å²) in [6.07, 6.45) is 5.52. The number of benzene rings is 1.